The van der Waals surface area contributed by atoms with Crippen LogP contribution in [-0.4, -0.2) is 16.0 Å². The first-order chi connectivity index (χ1) is 10.1. The van der Waals surface area contributed by atoms with Gasteiger partial charge in [0.2, 0.25) is 0 Å². The fourth-order valence-electron chi connectivity index (χ4n) is 2.40. The summed E-state index contributed by atoms with van der Waals surface area (Å²) < 4.78 is 8.42. The Morgan fingerprint density at radius 3 is 2.90 bits per heavy atom. The summed E-state index contributed by atoms with van der Waals surface area (Å²) in [7, 11) is 0. The van der Waals surface area contributed by atoms with Crippen LogP contribution in [0, 0.1) is 6.92 Å². The van der Waals surface area contributed by atoms with E-state index in [-0.39, 0.29) is 0 Å². The van der Waals surface area contributed by atoms with Gasteiger partial charge in [0.25, 0.3) is 0 Å². The fourth-order valence-corrected chi connectivity index (χ4v) is 2.95. The number of imidazole rings is 1. The first-order valence-corrected chi connectivity index (χ1v) is 7.56. The third kappa shape index (κ3) is 2.49. The van der Waals surface area contributed by atoms with Gasteiger partial charge in [-0.15, -0.1) is 0 Å². The highest BCUT2D eigenvalue weighted by molar-refractivity contribution is 9.10. The maximum absolute atomic E-state index is 6.27. The maximum Gasteiger partial charge on any atom is 0.142 e. The fraction of sp³-hybridized carbons (Fsp3) is 0.188. The van der Waals surface area contributed by atoms with Crippen LogP contribution in [0.15, 0.2) is 41.0 Å². The number of rotatable bonds is 3. The van der Waals surface area contributed by atoms with Gasteiger partial charge in [-0.1, -0.05) is 12.1 Å². The van der Waals surface area contributed by atoms with E-state index in [9.17, 15) is 0 Å². The lowest BCUT2D eigenvalue weighted by molar-refractivity contribution is 0.340. The molecule has 0 spiro atoms. The number of ether oxygens (including phenoxy) is 1. The van der Waals surface area contributed by atoms with Crippen molar-refractivity contribution in [1.82, 2.24) is 9.38 Å². The van der Waals surface area contributed by atoms with Crippen LogP contribution < -0.4 is 10.5 Å². The Morgan fingerprint density at radius 1 is 1.33 bits per heavy atom. The molecule has 21 heavy (non-hydrogen) atoms. The molecular weight excluding hydrogens is 330 g/mol. The Hall–Kier alpha value is -2.01. The third-order valence-electron chi connectivity index (χ3n) is 3.33. The number of nitrogens with two attached hydrogens (primary N) is 1. The molecule has 2 aromatic heterocycles. The van der Waals surface area contributed by atoms with E-state index in [0.29, 0.717) is 12.4 Å². The highest BCUT2D eigenvalue weighted by Crippen LogP contribution is 2.31. The van der Waals surface area contributed by atoms with Crippen LogP contribution in [0.1, 0.15) is 12.5 Å². The monoisotopic (exact) mass is 345 g/mol. The number of fused-ring (bicyclic) bond motifs is 1. The molecule has 3 rings (SSSR count). The Kier molecular flexibility index (Phi) is 3.59. The topological polar surface area (TPSA) is 52.5 Å². The lowest BCUT2D eigenvalue weighted by Crippen LogP contribution is -1.95. The van der Waals surface area contributed by atoms with Gasteiger partial charge in [0, 0.05) is 16.2 Å². The molecule has 2 heterocycles. The lowest BCUT2D eigenvalue weighted by atomic mass is 10.1. The number of halogens is 1. The summed E-state index contributed by atoms with van der Waals surface area (Å²) in [5.74, 6) is 1.45. The number of benzene rings is 1. The Morgan fingerprint density at radius 2 is 2.14 bits per heavy atom. The van der Waals surface area contributed by atoms with Gasteiger partial charge in [0.05, 0.1) is 6.61 Å². The van der Waals surface area contributed by atoms with E-state index in [2.05, 4.69) is 20.9 Å². The molecule has 0 fully saturated rings. The standard InChI is InChI=1S/C16H16BrN3O/c1-3-21-13-6-4-5-11(8-13)14-15(18)20-9-12(17)7-10(2)16(20)19-14/h4-9H,3,18H2,1-2H3. The molecule has 3 aromatic rings. The van der Waals surface area contributed by atoms with Crippen molar-refractivity contribution in [2.75, 3.05) is 12.3 Å². The molecule has 1 aromatic carbocycles. The zero-order valence-corrected chi connectivity index (χ0v) is 13.5. The van der Waals surface area contributed by atoms with Crippen molar-refractivity contribution < 1.29 is 4.74 Å². The summed E-state index contributed by atoms with van der Waals surface area (Å²) in [6.07, 6.45) is 1.93. The molecule has 0 saturated carbocycles. The molecule has 108 valence electrons. The van der Waals surface area contributed by atoms with Crippen molar-refractivity contribution in [2.45, 2.75) is 13.8 Å². The van der Waals surface area contributed by atoms with Crippen molar-refractivity contribution in [3.63, 3.8) is 0 Å². The van der Waals surface area contributed by atoms with E-state index in [1.165, 1.54) is 0 Å². The second-order valence-corrected chi connectivity index (χ2v) is 5.76. The van der Waals surface area contributed by atoms with Crippen LogP contribution in [0.5, 0.6) is 5.75 Å². The minimum atomic E-state index is 0.628. The number of aromatic nitrogens is 2. The normalized spacial score (nSPS) is 11.0. The second kappa shape index (κ2) is 5.41. The zero-order chi connectivity index (χ0) is 15.0. The number of hydrogen-bond donors (Lipinski definition) is 1. The van der Waals surface area contributed by atoms with Gasteiger partial charge in [0.1, 0.15) is 22.9 Å². The van der Waals surface area contributed by atoms with Crippen LogP contribution in [0.4, 0.5) is 5.82 Å². The smallest absolute Gasteiger partial charge is 0.142 e. The number of hydrogen-bond acceptors (Lipinski definition) is 3. The first-order valence-electron chi connectivity index (χ1n) is 6.77. The number of nitrogens with zero attached hydrogens (tertiary/aromatic N) is 2. The molecular formula is C16H16BrN3O. The van der Waals surface area contributed by atoms with Gasteiger partial charge in [-0.25, -0.2) is 4.98 Å². The number of aryl methyl sites for hydroxylation is 1. The van der Waals surface area contributed by atoms with E-state index in [4.69, 9.17) is 10.5 Å². The molecule has 0 radical (unpaired) electrons. The molecule has 0 amide bonds. The summed E-state index contributed by atoms with van der Waals surface area (Å²) in [6.45, 7) is 4.62. The quantitative estimate of drug-likeness (QED) is 0.778. The highest BCUT2D eigenvalue weighted by Gasteiger charge is 2.14. The van der Waals surface area contributed by atoms with Crippen molar-refractivity contribution >= 4 is 27.4 Å². The molecule has 2 N–H and O–H groups in total. The zero-order valence-electron chi connectivity index (χ0n) is 11.9. The SMILES string of the molecule is CCOc1cccc(-c2nc3c(C)cc(Br)cn3c2N)c1. The molecule has 0 unspecified atom stereocenters. The summed E-state index contributed by atoms with van der Waals surface area (Å²) in [5.41, 5.74) is 9.94. The Balaban J connectivity index is 2.19. The van der Waals surface area contributed by atoms with E-state index >= 15 is 0 Å². The van der Waals surface area contributed by atoms with Gasteiger partial charge in [-0.2, -0.15) is 0 Å². The van der Waals surface area contributed by atoms with Gasteiger partial charge in [-0.3, -0.25) is 4.40 Å². The summed E-state index contributed by atoms with van der Waals surface area (Å²) in [6, 6.07) is 9.87. The minimum absolute atomic E-state index is 0.628. The average Bonchev–Trinajstić information content (AvgIpc) is 2.78. The average molecular weight is 346 g/mol. The summed E-state index contributed by atoms with van der Waals surface area (Å²) in [4.78, 5) is 4.69. The van der Waals surface area contributed by atoms with Gasteiger partial charge in [-0.05, 0) is 53.5 Å². The molecule has 0 saturated heterocycles. The van der Waals surface area contributed by atoms with E-state index in [1.807, 2.05) is 54.8 Å². The lowest BCUT2D eigenvalue weighted by Gasteiger charge is -2.05. The van der Waals surface area contributed by atoms with Crippen LogP contribution in [0.2, 0.25) is 0 Å². The largest absolute Gasteiger partial charge is 0.494 e. The molecule has 0 bridgehead atoms. The molecule has 5 heteroatoms. The van der Waals surface area contributed by atoms with Crippen molar-refractivity contribution in [3.8, 4) is 17.0 Å². The number of pyridine rings is 1. The number of anilines is 1. The predicted molar refractivity (Wildman–Crippen MR) is 88.6 cm³/mol. The van der Waals surface area contributed by atoms with E-state index in [0.717, 1.165) is 32.7 Å². The summed E-state index contributed by atoms with van der Waals surface area (Å²) >= 11 is 3.49. The number of nitrogen functional groups attached to an aromatic ring is 1. The van der Waals surface area contributed by atoms with E-state index in [1.54, 1.807) is 0 Å². The Labute approximate surface area is 131 Å². The molecule has 0 aliphatic heterocycles. The summed E-state index contributed by atoms with van der Waals surface area (Å²) in [5, 5.41) is 0. The van der Waals surface area contributed by atoms with Crippen LogP contribution in [0.3, 0.4) is 0 Å². The van der Waals surface area contributed by atoms with Crippen molar-refractivity contribution in [1.29, 1.82) is 0 Å². The van der Waals surface area contributed by atoms with Gasteiger partial charge in [0.15, 0.2) is 0 Å². The minimum Gasteiger partial charge on any atom is -0.494 e. The molecule has 4 nitrogen and oxygen atoms in total. The Bertz CT molecular complexity index is 811. The molecule has 0 aliphatic carbocycles. The van der Waals surface area contributed by atoms with E-state index < -0.39 is 0 Å². The molecule has 0 atom stereocenters. The predicted octanol–water partition coefficient (Wildman–Crippen LogP) is 4.05. The van der Waals surface area contributed by atoms with Gasteiger partial charge >= 0.3 is 0 Å². The van der Waals surface area contributed by atoms with Gasteiger partial charge < -0.3 is 10.5 Å². The second-order valence-electron chi connectivity index (χ2n) is 4.84. The van der Waals surface area contributed by atoms with Crippen LogP contribution in [-0.2, 0) is 0 Å². The van der Waals surface area contributed by atoms with Crippen LogP contribution >= 0.6 is 15.9 Å². The first kappa shape index (κ1) is 13.9. The highest BCUT2D eigenvalue weighted by atomic mass is 79.9. The van der Waals surface area contributed by atoms with Crippen molar-refractivity contribution in [2.24, 2.45) is 0 Å². The van der Waals surface area contributed by atoms with Crippen LogP contribution in [0.25, 0.3) is 16.9 Å². The van der Waals surface area contributed by atoms with Crippen molar-refractivity contribution in [3.05, 3.63) is 46.6 Å². The third-order valence-corrected chi connectivity index (χ3v) is 3.76. The maximum atomic E-state index is 6.27. The molecule has 0 aliphatic rings.